The summed E-state index contributed by atoms with van der Waals surface area (Å²) in [6.45, 7) is 0.667. The van der Waals surface area contributed by atoms with Crippen molar-refractivity contribution in [2.24, 2.45) is 22.1 Å². The number of hydrogen-bond donors (Lipinski definition) is 3. The number of nitrogens with one attached hydrogen (secondary N) is 1. The highest BCUT2D eigenvalue weighted by atomic mass is 32.1. The summed E-state index contributed by atoms with van der Waals surface area (Å²) in [5, 5.41) is 0. The minimum atomic E-state index is -0.542. The van der Waals surface area contributed by atoms with Gasteiger partial charge in [-0.05, 0) is 67.3 Å². The Kier molecular flexibility index (Phi) is 7.67. The van der Waals surface area contributed by atoms with Gasteiger partial charge in [0, 0.05) is 6.54 Å². The number of aliphatic imine (C=N–C) groups is 1. The van der Waals surface area contributed by atoms with Gasteiger partial charge in [-0.25, -0.2) is 9.38 Å². The smallest absolute Gasteiger partial charge is 0.130 e. The fourth-order valence-electron chi connectivity index (χ4n) is 4.64. The third-order valence-corrected chi connectivity index (χ3v) is 6.40. The van der Waals surface area contributed by atoms with Crippen molar-refractivity contribution in [3.63, 3.8) is 0 Å². The van der Waals surface area contributed by atoms with E-state index in [1.807, 2.05) is 6.08 Å². The molecule has 1 fully saturated rings. The van der Waals surface area contributed by atoms with E-state index in [0.717, 1.165) is 36.0 Å². The number of carbonyl (C=O) groups is 1. The Morgan fingerprint density at radius 1 is 1.24 bits per heavy atom. The zero-order valence-corrected chi connectivity index (χ0v) is 17.6. The molecule has 6 heteroatoms. The molecule has 0 aliphatic heterocycles. The van der Waals surface area contributed by atoms with Crippen LogP contribution in [0.15, 0.2) is 52.7 Å². The van der Waals surface area contributed by atoms with E-state index >= 15 is 0 Å². The van der Waals surface area contributed by atoms with Crippen molar-refractivity contribution >= 4 is 30.5 Å². The van der Waals surface area contributed by atoms with Crippen molar-refractivity contribution in [2.75, 3.05) is 6.54 Å². The van der Waals surface area contributed by atoms with Gasteiger partial charge in [0.2, 0.25) is 0 Å². The second-order valence-electron chi connectivity index (χ2n) is 8.15. The molecule has 0 aromatic heterocycles. The van der Waals surface area contributed by atoms with Crippen molar-refractivity contribution in [1.29, 1.82) is 0 Å². The first-order chi connectivity index (χ1) is 14.1. The van der Waals surface area contributed by atoms with Crippen LogP contribution in [0.2, 0.25) is 0 Å². The van der Waals surface area contributed by atoms with Crippen LogP contribution in [-0.4, -0.2) is 18.5 Å². The summed E-state index contributed by atoms with van der Waals surface area (Å²) in [5.74, 6) is 0.270. The van der Waals surface area contributed by atoms with E-state index in [-0.39, 0.29) is 5.82 Å². The lowest BCUT2D eigenvalue weighted by Crippen LogP contribution is -2.35. The van der Waals surface area contributed by atoms with Gasteiger partial charge in [-0.3, -0.25) is 4.72 Å². The first kappa shape index (κ1) is 21.8. The van der Waals surface area contributed by atoms with Crippen molar-refractivity contribution < 1.29 is 9.18 Å². The topological polar surface area (TPSA) is 67.5 Å². The number of benzene rings is 1. The van der Waals surface area contributed by atoms with Crippen LogP contribution in [0.3, 0.4) is 0 Å². The molecular weight excluding hydrogens is 385 g/mol. The SMILES string of the molecule is NC=C1CC(C=O)(CC2CCCCC2)C(CCNS)=CC1=Nc1ccc(F)cc1. The van der Waals surface area contributed by atoms with Crippen LogP contribution in [-0.2, 0) is 4.79 Å². The molecule has 2 aliphatic carbocycles. The average Bonchev–Trinajstić information content (AvgIpc) is 2.75. The van der Waals surface area contributed by atoms with Gasteiger partial charge >= 0.3 is 0 Å². The van der Waals surface area contributed by atoms with Crippen LogP contribution in [0.5, 0.6) is 0 Å². The van der Waals surface area contributed by atoms with Crippen LogP contribution in [0.4, 0.5) is 10.1 Å². The summed E-state index contributed by atoms with van der Waals surface area (Å²) in [6, 6.07) is 6.07. The molecule has 0 radical (unpaired) electrons. The zero-order valence-electron chi connectivity index (χ0n) is 16.7. The quantitative estimate of drug-likeness (QED) is 0.431. The number of nitrogens with zero attached hydrogens (tertiary/aromatic N) is 1. The van der Waals surface area contributed by atoms with Gasteiger partial charge < -0.3 is 10.5 Å². The summed E-state index contributed by atoms with van der Waals surface area (Å²) in [6.07, 6.45) is 13.0. The number of hydrogen-bond acceptors (Lipinski definition) is 5. The molecule has 1 atom stereocenters. The predicted octanol–water partition coefficient (Wildman–Crippen LogP) is 5.05. The molecule has 0 saturated heterocycles. The monoisotopic (exact) mass is 415 g/mol. The Balaban J connectivity index is 1.98. The summed E-state index contributed by atoms with van der Waals surface area (Å²) < 4.78 is 16.1. The molecule has 4 nitrogen and oxygen atoms in total. The number of nitrogens with two attached hydrogens (primary N) is 1. The average molecular weight is 416 g/mol. The first-order valence-corrected chi connectivity index (χ1v) is 10.8. The highest BCUT2D eigenvalue weighted by Crippen LogP contribution is 2.46. The second kappa shape index (κ2) is 10.2. The Labute approximate surface area is 178 Å². The largest absolute Gasteiger partial charge is 0.404 e. The lowest BCUT2D eigenvalue weighted by Gasteiger charge is -2.39. The van der Waals surface area contributed by atoms with Crippen LogP contribution in [0.1, 0.15) is 51.4 Å². The minimum absolute atomic E-state index is 0.296. The van der Waals surface area contributed by atoms with Gasteiger partial charge in [-0.1, -0.05) is 50.5 Å². The predicted molar refractivity (Wildman–Crippen MR) is 120 cm³/mol. The number of allylic oxidation sites excluding steroid dienone is 2. The summed E-state index contributed by atoms with van der Waals surface area (Å²) in [4.78, 5) is 17.1. The number of rotatable bonds is 7. The molecule has 156 valence electrons. The van der Waals surface area contributed by atoms with E-state index in [1.54, 1.807) is 18.3 Å². The molecule has 0 bridgehead atoms. The zero-order chi connectivity index (χ0) is 20.7. The molecule has 1 saturated carbocycles. The number of carbonyl (C=O) groups excluding carboxylic acids is 1. The Morgan fingerprint density at radius 3 is 2.59 bits per heavy atom. The summed E-state index contributed by atoms with van der Waals surface area (Å²) >= 11 is 4.12. The third kappa shape index (κ3) is 5.37. The van der Waals surface area contributed by atoms with Gasteiger partial charge in [0.15, 0.2) is 0 Å². The van der Waals surface area contributed by atoms with Gasteiger partial charge in [0.05, 0.1) is 16.8 Å². The number of aldehydes is 1. The van der Waals surface area contributed by atoms with Gasteiger partial charge in [-0.15, -0.1) is 0 Å². The number of halogens is 1. The Hall–Kier alpha value is -1.92. The second-order valence-corrected chi connectivity index (χ2v) is 8.47. The van der Waals surface area contributed by atoms with Gasteiger partial charge in [0.25, 0.3) is 0 Å². The Bertz CT molecular complexity index is 797. The standard InChI is InChI=1S/C23H30FN3OS/c24-20-6-8-21(9-7-20)27-22-12-19(10-11-26-29)23(16-28,14-18(22)15-25)13-17-4-2-1-3-5-17/h6-9,12,15-17,26,29H,1-5,10-11,13-14,25H2. The van der Waals surface area contributed by atoms with E-state index in [0.29, 0.717) is 24.6 Å². The summed E-state index contributed by atoms with van der Waals surface area (Å²) in [5.41, 5.74) is 8.75. The molecule has 0 amide bonds. The normalized spacial score (nSPS) is 25.9. The molecule has 3 rings (SSSR count). The highest BCUT2D eigenvalue weighted by molar-refractivity contribution is 7.78. The van der Waals surface area contributed by atoms with E-state index in [1.165, 1.54) is 44.2 Å². The van der Waals surface area contributed by atoms with E-state index in [4.69, 9.17) is 5.73 Å². The first-order valence-electron chi connectivity index (χ1n) is 10.4. The van der Waals surface area contributed by atoms with Crippen LogP contribution < -0.4 is 10.5 Å². The maximum Gasteiger partial charge on any atom is 0.130 e. The minimum Gasteiger partial charge on any atom is -0.404 e. The molecule has 0 spiro atoms. The molecule has 29 heavy (non-hydrogen) atoms. The molecule has 2 aliphatic rings. The van der Waals surface area contributed by atoms with Crippen molar-refractivity contribution in [3.8, 4) is 0 Å². The fourth-order valence-corrected chi connectivity index (χ4v) is 4.75. The molecule has 3 N–H and O–H groups in total. The fraction of sp³-hybridized carbons (Fsp3) is 0.478. The van der Waals surface area contributed by atoms with Crippen molar-refractivity contribution in [3.05, 3.63) is 53.5 Å². The molecule has 0 heterocycles. The van der Waals surface area contributed by atoms with E-state index in [2.05, 4.69) is 22.5 Å². The molecule has 1 unspecified atom stereocenters. The lowest BCUT2D eigenvalue weighted by atomic mass is 9.64. The maximum absolute atomic E-state index is 13.2. The lowest BCUT2D eigenvalue weighted by molar-refractivity contribution is -0.115. The summed E-state index contributed by atoms with van der Waals surface area (Å²) in [7, 11) is 0. The highest BCUT2D eigenvalue weighted by Gasteiger charge is 2.40. The van der Waals surface area contributed by atoms with Crippen LogP contribution >= 0.6 is 12.8 Å². The number of thiol groups is 1. The van der Waals surface area contributed by atoms with Crippen molar-refractivity contribution in [1.82, 2.24) is 4.72 Å². The third-order valence-electron chi connectivity index (χ3n) is 6.17. The van der Waals surface area contributed by atoms with Crippen molar-refractivity contribution in [2.45, 2.75) is 51.4 Å². The maximum atomic E-state index is 13.2. The van der Waals surface area contributed by atoms with Crippen LogP contribution in [0, 0.1) is 17.2 Å². The van der Waals surface area contributed by atoms with E-state index in [9.17, 15) is 9.18 Å². The van der Waals surface area contributed by atoms with Crippen LogP contribution in [0.25, 0.3) is 0 Å². The van der Waals surface area contributed by atoms with E-state index < -0.39 is 5.41 Å². The molecular formula is C23H30FN3OS. The van der Waals surface area contributed by atoms with Gasteiger partial charge in [-0.2, -0.15) is 0 Å². The molecule has 1 aromatic carbocycles. The Morgan fingerprint density at radius 2 is 1.97 bits per heavy atom. The molecule has 1 aromatic rings. The van der Waals surface area contributed by atoms with Gasteiger partial charge in [0.1, 0.15) is 12.1 Å².